The molecule has 3 aromatic rings. The molecular formula is C26H21F2N3O2. The number of carbonyl (C=O) groups excluding carboxylic acids is 2. The number of para-hydroxylation sites is 1. The van der Waals surface area contributed by atoms with Gasteiger partial charge >= 0.3 is 0 Å². The number of halogens is 2. The van der Waals surface area contributed by atoms with Gasteiger partial charge in [0.2, 0.25) is 0 Å². The van der Waals surface area contributed by atoms with Crippen LogP contribution in [-0.4, -0.2) is 42.9 Å². The summed E-state index contributed by atoms with van der Waals surface area (Å²) in [4.78, 5) is 31.9. The second-order valence-corrected chi connectivity index (χ2v) is 7.94. The summed E-state index contributed by atoms with van der Waals surface area (Å²) in [5.74, 6) is -2.95. The summed E-state index contributed by atoms with van der Waals surface area (Å²) >= 11 is 0. The highest BCUT2D eigenvalue weighted by atomic mass is 19.1. The molecule has 0 radical (unpaired) electrons. The van der Waals surface area contributed by atoms with Gasteiger partial charge in [-0.1, -0.05) is 48.5 Å². The van der Waals surface area contributed by atoms with Crippen molar-refractivity contribution in [2.24, 2.45) is 0 Å². The van der Waals surface area contributed by atoms with Crippen molar-refractivity contribution in [3.8, 4) is 0 Å². The Kier molecular flexibility index (Phi) is 5.38. The monoisotopic (exact) mass is 445 g/mol. The SMILES string of the molecule is O=C1C(c2ccccc2)=C(N2CCN(c3ccccc3)CC2)C(=O)N1c1ccc(F)cc1F. The van der Waals surface area contributed by atoms with E-state index in [-0.39, 0.29) is 17.0 Å². The average molecular weight is 445 g/mol. The van der Waals surface area contributed by atoms with Crippen LogP contribution in [0.5, 0.6) is 0 Å². The standard InChI is InChI=1S/C26H21F2N3O2/c27-19-11-12-22(21(28)17-19)31-25(32)23(18-7-3-1-4-8-18)24(26(31)33)30-15-13-29(14-16-30)20-9-5-2-6-10-20/h1-12,17H,13-16H2. The zero-order valence-corrected chi connectivity index (χ0v) is 17.7. The van der Waals surface area contributed by atoms with Gasteiger partial charge in [0.15, 0.2) is 0 Å². The maximum Gasteiger partial charge on any atom is 0.282 e. The van der Waals surface area contributed by atoms with Gasteiger partial charge < -0.3 is 9.80 Å². The Morgan fingerprint density at radius 1 is 0.667 bits per heavy atom. The highest BCUT2D eigenvalue weighted by Gasteiger charge is 2.44. The molecule has 0 N–H and O–H groups in total. The first kappa shape index (κ1) is 20.9. The lowest BCUT2D eigenvalue weighted by Crippen LogP contribution is -2.47. The molecule has 7 heteroatoms. The van der Waals surface area contributed by atoms with Crippen molar-refractivity contribution in [3.63, 3.8) is 0 Å². The minimum atomic E-state index is -0.959. The Morgan fingerprint density at radius 3 is 1.91 bits per heavy atom. The van der Waals surface area contributed by atoms with Gasteiger partial charge in [0, 0.05) is 37.9 Å². The van der Waals surface area contributed by atoms with Crippen LogP contribution in [0, 0.1) is 11.6 Å². The molecule has 33 heavy (non-hydrogen) atoms. The lowest BCUT2D eigenvalue weighted by Gasteiger charge is -2.37. The molecule has 5 nitrogen and oxygen atoms in total. The van der Waals surface area contributed by atoms with Crippen LogP contribution in [0.15, 0.2) is 84.6 Å². The van der Waals surface area contributed by atoms with Crippen LogP contribution in [0.3, 0.4) is 0 Å². The van der Waals surface area contributed by atoms with E-state index in [1.165, 1.54) is 0 Å². The summed E-state index contributed by atoms with van der Waals surface area (Å²) in [6.45, 7) is 2.39. The first-order valence-electron chi connectivity index (χ1n) is 10.7. The Morgan fingerprint density at radius 2 is 1.27 bits per heavy atom. The summed E-state index contributed by atoms with van der Waals surface area (Å²) in [5.41, 5.74) is 1.91. The molecule has 0 unspecified atom stereocenters. The molecule has 2 amide bonds. The van der Waals surface area contributed by atoms with Crippen LogP contribution in [0.4, 0.5) is 20.2 Å². The number of piperazine rings is 1. The van der Waals surface area contributed by atoms with Gasteiger partial charge in [-0.15, -0.1) is 0 Å². The number of amides is 2. The van der Waals surface area contributed by atoms with E-state index in [9.17, 15) is 18.4 Å². The van der Waals surface area contributed by atoms with Crippen LogP contribution < -0.4 is 9.80 Å². The van der Waals surface area contributed by atoms with E-state index in [1.54, 1.807) is 24.3 Å². The van der Waals surface area contributed by atoms with Gasteiger partial charge in [-0.2, -0.15) is 0 Å². The molecule has 166 valence electrons. The minimum Gasteiger partial charge on any atom is -0.368 e. The minimum absolute atomic E-state index is 0.234. The number of nitrogens with zero attached hydrogens (tertiary/aromatic N) is 3. The highest BCUT2D eigenvalue weighted by molar-refractivity contribution is 6.45. The number of benzene rings is 3. The Labute approximate surface area is 190 Å². The van der Waals surface area contributed by atoms with Gasteiger partial charge in [0.05, 0.1) is 11.3 Å². The molecule has 2 heterocycles. The van der Waals surface area contributed by atoms with E-state index in [0.29, 0.717) is 37.8 Å². The lowest BCUT2D eigenvalue weighted by atomic mass is 10.0. The summed E-state index contributed by atoms with van der Waals surface area (Å²) in [6.07, 6.45) is 0. The molecule has 0 saturated carbocycles. The zero-order chi connectivity index (χ0) is 22.9. The fourth-order valence-electron chi connectivity index (χ4n) is 4.39. The van der Waals surface area contributed by atoms with E-state index in [4.69, 9.17) is 0 Å². The Hall–Kier alpha value is -4.00. The molecule has 2 aliphatic heterocycles. The molecule has 2 aliphatic rings. The predicted molar refractivity (Wildman–Crippen MR) is 122 cm³/mol. The lowest BCUT2D eigenvalue weighted by molar-refractivity contribution is -0.120. The van der Waals surface area contributed by atoms with Crippen molar-refractivity contribution < 1.29 is 18.4 Å². The number of rotatable bonds is 4. The number of imide groups is 1. The summed E-state index contributed by atoms with van der Waals surface area (Å²) in [6, 6.07) is 21.7. The third-order valence-electron chi connectivity index (χ3n) is 5.99. The maximum atomic E-state index is 14.6. The second kappa shape index (κ2) is 8.50. The van der Waals surface area contributed by atoms with Crippen molar-refractivity contribution in [2.45, 2.75) is 0 Å². The number of hydrogen-bond donors (Lipinski definition) is 0. The molecule has 1 saturated heterocycles. The van der Waals surface area contributed by atoms with Gasteiger partial charge in [0.25, 0.3) is 11.8 Å². The molecule has 5 rings (SSSR count). The predicted octanol–water partition coefficient (Wildman–Crippen LogP) is 4.07. The van der Waals surface area contributed by atoms with Crippen LogP contribution >= 0.6 is 0 Å². The number of anilines is 2. The van der Waals surface area contributed by atoms with Crippen LogP contribution in [-0.2, 0) is 9.59 Å². The molecule has 0 aliphatic carbocycles. The highest BCUT2D eigenvalue weighted by Crippen LogP contribution is 2.36. The fourth-order valence-corrected chi connectivity index (χ4v) is 4.39. The topological polar surface area (TPSA) is 43.9 Å². The van der Waals surface area contributed by atoms with E-state index in [0.717, 1.165) is 22.7 Å². The average Bonchev–Trinajstić information content (AvgIpc) is 3.10. The van der Waals surface area contributed by atoms with Crippen molar-refractivity contribution >= 4 is 28.8 Å². The van der Waals surface area contributed by atoms with Crippen molar-refractivity contribution in [1.29, 1.82) is 0 Å². The molecule has 1 fully saturated rings. The Bertz CT molecular complexity index is 1240. The van der Waals surface area contributed by atoms with E-state index in [1.807, 2.05) is 41.3 Å². The smallest absolute Gasteiger partial charge is 0.282 e. The quantitative estimate of drug-likeness (QED) is 0.568. The summed E-state index contributed by atoms with van der Waals surface area (Å²) in [7, 11) is 0. The van der Waals surface area contributed by atoms with Crippen molar-refractivity contribution in [2.75, 3.05) is 36.0 Å². The van der Waals surface area contributed by atoms with Crippen LogP contribution in [0.1, 0.15) is 5.56 Å². The van der Waals surface area contributed by atoms with E-state index < -0.39 is 23.4 Å². The molecule has 0 atom stereocenters. The third-order valence-corrected chi connectivity index (χ3v) is 5.99. The van der Waals surface area contributed by atoms with Gasteiger partial charge in [-0.25, -0.2) is 13.7 Å². The van der Waals surface area contributed by atoms with Gasteiger partial charge in [-0.05, 0) is 29.8 Å². The number of hydrogen-bond acceptors (Lipinski definition) is 4. The van der Waals surface area contributed by atoms with Crippen LogP contribution in [0.2, 0.25) is 0 Å². The normalized spacial score (nSPS) is 16.7. The fraction of sp³-hybridized carbons (Fsp3) is 0.154. The molecule has 0 aromatic heterocycles. The largest absolute Gasteiger partial charge is 0.368 e. The van der Waals surface area contributed by atoms with Gasteiger partial charge in [-0.3, -0.25) is 9.59 Å². The number of carbonyl (C=O) groups is 2. The summed E-state index contributed by atoms with van der Waals surface area (Å²) < 4.78 is 28.0. The second-order valence-electron chi connectivity index (χ2n) is 7.94. The maximum absolute atomic E-state index is 14.6. The molecule has 0 bridgehead atoms. The van der Waals surface area contributed by atoms with Gasteiger partial charge in [0.1, 0.15) is 17.3 Å². The summed E-state index contributed by atoms with van der Waals surface area (Å²) in [5, 5.41) is 0. The van der Waals surface area contributed by atoms with E-state index in [2.05, 4.69) is 4.90 Å². The zero-order valence-electron chi connectivity index (χ0n) is 17.7. The van der Waals surface area contributed by atoms with Crippen molar-refractivity contribution in [1.82, 2.24) is 4.90 Å². The van der Waals surface area contributed by atoms with Crippen LogP contribution in [0.25, 0.3) is 5.57 Å². The molecule has 3 aromatic carbocycles. The first-order chi connectivity index (χ1) is 16.0. The Balaban J connectivity index is 1.51. The molecule has 0 spiro atoms. The van der Waals surface area contributed by atoms with Crippen molar-refractivity contribution in [3.05, 3.63) is 102 Å². The first-order valence-corrected chi connectivity index (χ1v) is 10.7. The molecular weight excluding hydrogens is 424 g/mol. The van der Waals surface area contributed by atoms with E-state index >= 15 is 0 Å². The third kappa shape index (κ3) is 3.75.